The molecule has 3 aromatic rings. The molecule has 35 heavy (non-hydrogen) atoms. The molecule has 0 spiro atoms. The highest BCUT2D eigenvalue weighted by Crippen LogP contribution is 2.49. The predicted molar refractivity (Wildman–Crippen MR) is 135 cm³/mol. The van der Waals surface area contributed by atoms with E-state index < -0.39 is 6.10 Å². The fraction of sp³-hybridized carbons (Fsp3) is 0.556. The molecule has 2 N–H and O–H groups in total. The van der Waals surface area contributed by atoms with Gasteiger partial charge in [-0.25, -0.2) is 9.67 Å². The van der Waals surface area contributed by atoms with Gasteiger partial charge in [0.2, 0.25) is 0 Å². The first-order valence-corrected chi connectivity index (χ1v) is 12.6. The van der Waals surface area contributed by atoms with Crippen LogP contribution in [-0.2, 0) is 4.74 Å². The summed E-state index contributed by atoms with van der Waals surface area (Å²) in [5.41, 5.74) is 4.03. The van der Waals surface area contributed by atoms with Crippen molar-refractivity contribution >= 4 is 11.0 Å². The molecule has 1 saturated carbocycles. The van der Waals surface area contributed by atoms with E-state index in [1.54, 1.807) is 14.2 Å². The molecule has 188 valence electrons. The number of fused-ring (bicyclic) bond motifs is 3. The molecule has 0 amide bonds. The van der Waals surface area contributed by atoms with Crippen LogP contribution in [0.1, 0.15) is 44.2 Å². The van der Waals surface area contributed by atoms with Crippen molar-refractivity contribution < 1.29 is 19.3 Å². The zero-order valence-corrected chi connectivity index (χ0v) is 21.0. The van der Waals surface area contributed by atoms with Gasteiger partial charge in [-0.2, -0.15) is 5.10 Å². The second-order valence-corrected chi connectivity index (χ2v) is 10.1. The highest BCUT2D eigenvalue weighted by molar-refractivity contribution is 5.83. The first kappa shape index (κ1) is 24.0. The number of pyridine rings is 1. The first-order valence-electron chi connectivity index (χ1n) is 12.6. The van der Waals surface area contributed by atoms with Crippen molar-refractivity contribution in [3.8, 4) is 22.8 Å². The van der Waals surface area contributed by atoms with Gasteiger partial charge in [0, 0.05) is 42.8 Å². The number of nitrogens with zero attached hydrogens (tertiary/aromatic N) is 3. The van der Waals surface area contributed by atoms with Gasteiger partial charge in [-0.1, -0.05) is 0 Å². The van der Waals surface area contributed by atoms with Crippen LogP contribution >= 0.6 is 0 Å². The minimum Gasteiger partial charge on any atom is -0.497 e. The summed E-state index contributed by atoms with van der Waals surface area (Å²) in [7, 11) is 3.45. The Morgan fingerprint density at radius 2 is 1.89 bits per heavy atom. The van der Waals surface area contributed by atoms with Crippen molar-refractivity contribution in [2.45, 2.75) is 44.8 Å². The lowest BCUT2D eigenvalue weighted by Crippen LogP contribution is -2.29. The maximum absolute atomic E-state index is 10.1. The van der Waals surface area contributed by atoms with Crippen LogP contribution in [0, 0.1) is 11.8 Å². The van der Waals surface area contributed by atoms with Gasteiger partial charge in [0.15, 0.2) is 5.65 Å². The summed E-state index contributed by atoms with van der Waals surface area (Å²) < 4.78 is 19.4. The minimum absolute atomic E-state index is 0.191. The van der Waals surface area contributed by atoms with Crippen LogP contribution in [0.25, 0.3) is 22.3 Å². The van der Waals surface area contributed by atoms with Crippen LogP contribution in [0.3, 0.4) is 0 Å². The Hall–Kier alpha value is -2.68. The lowest BCUT2D eigenvalue weighted by atomic mass is 9.81. The number of ether oxygens (including phenoxy) is 3. The van der Waals surface area contributed by atoms with Gasteiger partial charge in [-0.15, -0.1) is 0 Å². The number of aliphatic hydroxyl groups is 1. The molecule has 0 radical (unpaired) electrons. The zero-order valence-electron chi connectivity index (χ0n) is 21.0. The zero-order chi connectivity index (χ0) is 24.5. The van der Waals surface area contributed by atoms with Crippen LogP contribution in [0.2, 0.25) is 0 Å². The van der Waals surface area contributed by atoms with Gasteiger partial charge in [-0.3, -0.25) is 0 Å². The van der Waals surface area contributed by atoms with Crippen LogP contribution in [0.15, 0.2) is 30.5 Å². The second-order valence-electron chi connectivity index (χ2n) is 10.1. The maximum Gasteiger partial charge on any atom is 0.158 e. The highest BCUT2D eigenvalue weighted by atomic mass is 16.5. The largest absolute Gasteiger partial charge is 0.497 e. The molecule has 1 aromatic carbocycles. The van der Waals surface area contributed by atoms with Crippen molar-refractivity contribution in [2.24, 2.45) is 11.8 Å². The topological polar surface area (TPSA) is 90.7 Å². The van der Waals surface area contributed by atoms with E-state index in [0.717, 1.165) is 35.5 Å². The number of aromatic nitrogens is 3. The molecule has 1 saturated heterocycles. The predicted octanol–water partition coefficient (Wildman–Crippen LogP) is 3.79. The van der Waals surface area contributed by atoms with Gasteiger partial charge >= 0.3 is 0 Å². The fourth-order valence-electron chi connectivity index (χ4n) is 5.68. The Bertz CT molecular complexity index is 1160. The Morgan fingerprint density at radius 1 is 1.14 bits per heavy atom. The highest BCUT2D eigenvalue weighted by Gasteiger charge is 2.41. The van der Waals surface area contributed by atoms with E-state index in [0.29, 0.717) is 35.8 Å². The number of hydrogen-bond acceptors (Lipinski definition) is 7. The third-order valence-corrected chi connectivity index (χ3v) is 7.33. The van der Waals surface area contributed by atoms with Crippen molar-refractivity contribution in [1.29, 1.82) is 0 Å². The van der Waals surface area contributed by atoms with Gasteiger partial charge in [-0.05, 0) is 75.3 Å². The summed E-state index contributed by atoms with van der Waals surface area (Å²) in [6.45, 7) is 6.57. The Labute approximate surface area is 206 Å². The minimum atomic E-state index is -0.597. The van der Waals surface area contributed by atoms with E-state index in [4.69, 9.17) is 24.3 Å². The molecule has 3 unspecified atom stereocenters. The van der Waals surface area contributed by atoms with Gasteiger partial charge in [0.1, 0.15) is 24.2 Å². The number of hydrogen-bond donors (Lipinski definition) is 2. The number of rotatable bonds is 9. The van der Waals surface area contributed by atoms with Crippen LogP contribution in [0.4, 0.5) is 0 Å². The lowest BCUT2D eigenvalue weighted by molar-refractivity contribution is 0.0325. The van der Waals surface area contributed by atoms with E-state index >= 15 is 0 Å². The molecule has 5 rings (SSSR count). The van der Waals surface area contributed by atoms with E-state index in [2.05, 4.69) is 25.2 Å². The molecular formula is C27H36N4O4. The Kier molecular flexibility index (Phi) is 6.95. The number of methoxy groups -OCH3 is 1. The molecule has 1 aliphatic heterocycles. The van der Waals surface area contributed by atoms with Crippen molar-refractivity contribution in [3.05, 3.63) is 36.0 Å². The van der Waals surface area contributed by atoms with Gasteiger partial charge < -0.3 is 24.6 Å². The average Bonchev–Trinajstić information content (AvgIpc) is 3.39. The molecule has 1 aliphatic carbocycles. The summed E-state index contributed by atoms with van der Waals surface area (Å²) in [5, 5.41) is 18.9. The summed E-state index contributed by atoms with van der Waals surface area (Å²) >= 11 is 0. The molecule has 2 aromatic heterocycles. The summed E-state index contributed by atoms with van der Waals surface area (Å²) in [6.07, 6.45) is 3.80. The fourth-order valence-corrected chi connectivity index (χ4v) is 5.68. The molecule has 2 aliphatic rings. The standard InChI is InChI=1S/C27H36N4O4/c1-16(2)31-27-24(12-29-31)23(26-17-5-6-18(26)14-34-13-17)10-25(30-27)19-7-21(33-4)9-22(8-19)35-15-20(32)11-28-3/h7-10,12,16-18,20,26,28,32H,5-6,11,13-15H2,1-4H3/t17-,18?,20?,26?/m1/s1. The van der Waals surface area contributed by atoms with Crippen molar-refractivity contribution in [1.82, 2.24) is 20.1 Å². The molecule has 8 nitrogen and oxygen atoms in total. The summed E-state index contributed by atoms with van der Waals surface area (Å²) in [5.74, 6) is 2.85. The van der Waals surface area contributed by atoms with E-state index in [1.165, 1.54) is 18.4 Å². The third-order valence-electron chi connectivity index (χ3n) is 7.33. The summed E-state index contributed by atoms with van der Waals surface area (Å²) in [4.78, 5) is 5.09. The number of aliphatic hydroxyl groups excluding tert-OH is 1. The second kappa shape index (κ2) is 10.1. The molecule has 3 heterocycles. The van der Waals surface area contributed by atoms with Crippen LogP contribution in [0.5, 0.6) is 11.5 Å². The molecule has 2 bridgehead atoms. The molecule has 8 heteroatoms. The van der Waals surface area contributed by atoms with Gasteiger partial charge in [0.05, 0.1) is 19.0 Å². The van der Waals surface area contributed by atoms with E-state index in [1.807, 2.05) is 29.1 Å². The van der Waals surface area contributed by atoms with E-state index in [-0.39, 0.29) is 12.6 Å². The monoisotopic (exact) mass is 480 g/mol. The SMILES string of the molecule is CNCC(O)COc1cc(OC)cc(-c2cc(C3C4CC[C@@H]3COC4)c3cnn(C(C)C)c3n2)c1. The normalized spacial score (nSPS) is 22.6. The van der Waals surface area contributed by atoms with Crippen molar-refractivity contribution in [3.63, 3.8) is 0 Å². The number of nitrogens with one attached hydrogen (secondary N) is 1. The van der Waals surface area contributed by atoms with Crippen LogP contribution in [-0.4, -0.2) is 66.5 Å². The summed E-state index contributed by atoms with van der Waals surface area (Å²) in [6, 6.07) is 8.24. The third kappa shape index (κ3) is 4.75. The number of likely N-dealkylation sites (N-methyl/N-ethyl adjacent to an activating group) is 1. The number of benzene rings is 1. The smallest absolute Gasteiger partial charge is 0.158 e. The first-order chi connectivity index (χ1) is 17.0. The average molecular weight is 481 g/mol. The van der Waals surface area contributed by atoms with Crippen LogP contribution < -0.4 is 14.8 Å². The Morgan fingerprint density at radius 3 is 2.57 bits per heavy atom. The van der Waals surface area contributed by atoms with E-state index in [9.17, 15) is 5.11 Å². The van der Waals surface area contributed by atoms with Gasteiger partial charge in [0.25, 0.3) is 0 Å². The quantitative estimate of drug-likeness (QED) is 0.482. The molecule has 2 fully saturated rings. The Balaban J connectivity index is 1.60. The maximum atomic E-state index is 10.1. The molecular weight excluding hydrogens is 444 g/mol. The van der Waals surface area contributed by atoms with Crippen molar-refractivity contribution in [2.75, 3.05) is 40.5 Å². The molecule has 4 atom stereocenters. The lowest BCUT2D eigenvalue weighted by Gasteiger charge is -2.31.